The highest BCUT2D eigenvalue weighted by Crippen LogP contribution is 2.16. The first-order chi connectivity index (χ1) is 8.08. The van der Waals surface area contributed by atoms with E-state index in [-0.39, 0.29) is 5.56 Å². The number of aromatic nitrogens is 1. The van der Waals surface area contributed by atoms with Crippen molar-refractivity contribution in [3.05, 3.63) is 46.2 Å². The molecule has 0 fully saturated rings. The summed E-state index contributed by atoms with van der Waals surface area (Å²) in [6.07, 6.45) is 2.31. The van der Waals surface area contributed by atoms with E-state index in [2.05, 4.69) is 26.0 Å². The maximum atomic E-state index is 11.5. The Kier molecular flexibility index (Phi) is 3.32. The molecule has 2 nitrogen and oxygen atoms in total. The lowest BCUT2D eigenvalue weighted by molar-refractivity contribution is 0.587. The van der Waals surface area contributed by atoms with E-state index in [0.717, 1.165) is 23.2 Å². The first-order valence-corrected chi connectivity index (χ1v) is 6.16. The van der Waals surface area contributed by atoms with Crippen LogP contribution in [0.2, 0.25) is 0 Å². The highest BCUT2D eigenvalue weighted by atomic mass is 16.1. The van der Waals surface area contributed by atoms with Crippen LogP contribution >= 0.6 is 0 Å². The fourth-order valence-electron chi connectivity index (χ4n) is 2.05. The van der Waals surface area contributed by atoms with Gasteiger partial charge in [-0.25, -0.2) is 0 Å². The first-order valence-electron chi connectivity index (χ1n) is 6.16. The molecule has 17 heavy (non-hydrogen) atoms. The molecule has 2 aromatic rings. The van der Waals surface area contributed by atoms with Crippen LogP contribution in [-0.2, 0) is 13.5 Å². The molecule has 0 spiro atoms. The number of hydrogen-bond donors (Lipinski definition) is 0. The van der Waals surface area contributed by atoms with Gasteiger partial charge in [-0.05, 0) is 47.9 Å². The summed E-state index contributed by atoms with van der Waals surface area (Å²) in [6.45, 7) is 4.48. The zero-order valence-corrected chi connectivity index (χ0v) is 10.7. The van der Waals surface area contributed by atoms with Crippen molar-refractivity contribution in [3.8, 4) is 0 Å². The molecule has 1 aromatic heterocycles. The first kappa shape index (κ1) is 11.9. The molecule has 2 heteroatoms. The summed E-state index contributed by atoms with van der Waals surface area (Å²) in [5.74, 6) is 0.728. The number of nitrogens with zero attached hydrogens (tertiary/aromatic N) is 1. The van der Waals surface area contributed by atoms with Crippen molar-refractivity contribution in [2.24, 2.45) is 13.0 Å². The molecule has 0 unspecified atom stereocenters. The molecule has 0 aliphatic heterocycles. The highest BCUT2D eigenvalue weighted by Gasteiger charge is 2.02. The Bertz CT molecular complexity index is 581. The molecule has 0 N–H and O–H groups in total. The average Bonchev–Trinajstić information content (AvgIpc) is 2.31. The van der Waals surface area contributed by atoms with Crippen LogP contribution in [-0.4, -0.2) is 4.57 Å². The van der Waals surface area contributed by atoms with Gasteiger partial charge in [-0.2, -0.15) is 0 Å². The molecule has 0 bridgehead atoms. The molecular weight excluding hydrogens is 210 g/mol. The summed E-state index contributed by atoms with van der Waals surface area (Å²) >= 11 is 0. The van der Waals surface area contributed by atoms with Gasteiger partial charge in [0.05, 0.1) is 5.52 Å². The fourth-order valence-corrected chi connectivity index (χ4v) is 2.05. The van der Waals surface area contributed by atoms with Crippen LogP contribution in [0.25, 0.3) is 10.9 Å². The van der Waals surface area contributed by atoms with Crippen molar-refractivity contribution in [2.45, 2.75) is 26.7 Å². The molecule has 90 valence electrons. The van der Waals surface area contributed by atoms with E-state index in [9.17, 15) is 4.79 Å². The number of fused-ring (bicyclic) bond motifs is 1. The molecule has 0 atom stereocenters. The SMILES string of the molecule is CC(C)CCc1ccc2c(ccc(=O)n2C)c1. The maximum absolute atomic E-state index is 11.5. The lowest BCUT2D eigenvalue weighted by Crippen LogP contribution is -2.14. The number of rotatable bonds is 3. The van der Waals surface area contributed by atoms with Crippen molar-refractivity contribution >= 4 is 10.9 Å². The third-order valence-electron chi connectivity index (χ3n) is 3.20. The van der Waals surface area contributed by atoms with Gasteiger partial charge < -0.3 is 4.57 Å². The topological polar surface area (TPSA) is 22.0 Å². The van der Waals surface area contributed by atoms with Crippen LogP contribution in [0, 0.1) is 5.92 Å². The van der Waals surface area contributed by atoms with Gasteiger partial charge in [0, 0.05) is 13.1 Å². The second kappa shape index (κ2) is 4.74. The summed E-state index contributed by atoms with van der Waals surface area (Å²) in [5.41, 5.74) is 2.41. The second-order valence-electron chi connectivity index (χ2n) is 5.06. The van der Waals surface area contributed by atoms with E-state index in [4.69, 9.17) is 0 Å². The van der Waals surface area contributed by atoms with Gasteiger partial charge in [0.2, 0.25) is 0 Å². The zero-order valence-electron chi connectivity index (χ0n) is 10.7. The Labute approximate surface area is 102 Å². The Balaban J connectivity index is 2.38. The van der Waals surface area contributed by atoms with Crippen molar-refractivity contribution in [1.82, 2.24) is 4.57 Å². The third-order valence-corrected chi connectivity index (χ3v) is 3.20. The van der Waals surface area contributed by atoms with Crippen LogP contribution in [0.15, 0.2) is 35.1 Å². The van der Waals surface area contributed by atoms with Crippen LogP contribution in [0.1, 0.15) is 25.8 Å². The Hall–Kier alpha value is -1.57. The Morgan fingerprint density at radius 2 is 1.94 bits per heavy atom. The van der Waals surface area contributed by atoms with Gasteiger partial charge in [0.1, 0.15) is 0 Å². The third kappa shape index (κ3) is 2.57. The van der Waals surface area contributed by atoms with E-state index < -0.39 is 0 Å². The molecule has 0 amide bonds. The predicted molar refractivity (Wildman–Crippen MR) is 72.3 cm³/mol. The minimum Gasteiger partial charge on any atom is -0.311 e. The summed E-state index contributed by atoms with van der Waals surface area (Å²) in [4.78, 5) is 11.5. The predicted octanol–water partition coefficient (Wildman–Crippen LogP) is 3.13. The lowest BCUT2D eigenvalue weighted by atomic mass is 10.0. The average molecular weight is 229 g/mol. The van der Waals surface area contributed by atoms with E-state index in [0.29, 0.717) is 0 Å². The number of pyridine rings is 1. The maximum Gasteiger partial charge on any atom is 0.250 e. The molecule has 0 saturated carbocycles. The molecule has 1 heterocycles. The quantitative estimate of drug-likeness (QED) is 0.792. The number of aryl methyl sites for hydroxylation is 2. The monoisotopic (exact) mass is 229 g/mol. The molecule has 1 aromatic carbocycles. The minimum absolute atomic E-state index is 0.0485. The second-order valence-corrected chi connectivity index (χ2v) is 5.06. The molecule has 0 radical (unpaired) electrons. The summed E-state index contributed by atoms with van der Waals surface area (Å²) < 4.78 is 1.70. The van der Waals surface area contributed by atoms with Gasteiger partial charge in [-0.1, -0.05) is 19.9 Å². The van der Waals surface area contributed by atoms with Gasteiger partial charge in [0.15, 0.2) is 0 Å². The summed E-state index contributed by atoms with van der Waals surface area (Å²) in [5, 5.41) is 1.15. The molecule has 0 saturated heterocycles. The van der Waals surface area contributed by atoms with Crippen LogP contribution in [0.3, 0.4) is 0 Å². The summed E-state index contributed by atoms with van der Waals surface area (Å²) in [6, 6.07) is 9.92. The van der Waals surface area contributed by atoms with Crippen molar-refractivity contribution in [3.63, 3.8) is 0 Å². The highest BCUT2D eigenvalue weighted by molar-refractivity contribution is 5.79. The van der Waals surface area contributed by atoms with Gasteiger partial charge >= 0.3 is 0 Å². The van der Waals surface area contributed by atoms with E-state index >= 15 is 0 Å². The zero-order chi connectivity index (χ0) is 12.4. The van der Waals surface area contributed by atoms with Crippen molar-refractivity contribution in [2.75, 3.05) is 0 Å². The van der Waals surface area contributed by atoms with Crippen LogP contribution in [0.4, 0.5) is 0 Å². The Morgan fingerprint density at radius 1 is 1.18 bits per heavy atom. The Morgan fingerprint density at radius 3 is 2.65 bits per heavy atom. The van der Waals surface area contributed by atoms with E-state index in [1.54, 1.807) is 10.6 Å². The molecule has 0 aliphatic carbocycles. The van der Waals surface area contributed by atoms with Gasteiger partial charge in [-0.3, -0.25) is 4.79 Å². The molecule has 2 rings (SSSR count). The largest absolute Gasteiger partial charge is 0.311 e. The van der Waals surface area contributed by atoms with E-state index in [1.807, 2.05) is 19.2 Å². The number of benzene rings is 1. The fraction of sp³-hybridized carbons (Fsp3) is 0.400. The summed E-state index contributed by atoms with van der Waals surface area (Å²) in [7, 11) is 1.82. The van der Waals surface area contributed by atoms with Crippen LogP contribution in [0.5, 0.6) is 0 Å². The number of hydrogen-bond acceptors (Lipinski definition) is 1. The molecular formula is C15H19NO. The van der Waals surface area contributed by atoms with E-state index in [1.165, 1.54) is 12.0 Å². The van der Waals surface area contributed by atoms with Gasteiger partial charge in [-0.15, -0.1) is 0 Å². The van der Waals surface area contributed by atoms with Crippen LogP contribution < -0.4 is 5.56 Å². The van der Waals surface area contributed by atoms with Crippen molar-refractivity contribution < 1.29 is 0 Å². The van der Waals surface area contributed by atoms with Gasteiger partial charge in [0.25, 0.3) is 5.56 Å². The normalized spacial score (nSPS) is 11.3. The van der Waals surface area contributed by atoms with Crippen molar-refractivity contribution in [1.29, 1.82) is 0 Å². The molecule has 0 aliphatic rings. The minimum atomic E-state index is 0.0485. The smallest absolute Gasteiger partial charge is 0.250 e. The lowest BCUT2D eigenvalue weighted by Gasteiger charge is -2.08. The standard InChI is InChI=1S/C15H19NO/c1-11(2)4-5-12-6-8-14-13(10-12)7-9-15(17)16(14)3/h6-11H,4-5H2,1-3H3.